The highest BCUT2D eigenvalue weighted by Gasteiger charge is 2.30. The van der Waals surface area contributed by atoms with E-state index >= 15 is 0 Å². The zero-order chi connectivity index (χ0) is 25.6. The number of aromatic nitrogens is 2. The summed E-state index contributed by atoms with van der Waals surface area (Å²) in [5.74, 6) is -1.17. The zero-order valence-corrected chi connectivity index (χ0v) is 20.3. The van der Waals surface area contributed by atoms with Crippen LogP contribution in [0.5, 0.6) is 0 Å². The molecule has 3 aromatic carbocycles. The van der Waals surface area contributed by atoms with Gasteiger partial charge >= 0.3 is 0 Å². The van der Waals surface area contributed by atoms with E-state index in [-0.39, 0.29) is 11.7 Å². The Morgan fingerprint density at radius 3 is 2.19 bits per heavy atom. The van der Waals surface area contributed by atoms with Gasteiger partial charge in [0.05, 0.1) is 17.1 Å². The molecule has 0 unspecified atom stereocenters. The van der Waals surface area contributed by atoms with Crippen molar-refractivity contribution in [3.8, 4) is 6.07 Å². The molecule has 1 fully saturated rings. The van der Waals surface area contributed by atoms with Gasteiger partial charge in [0.25, 0.3) is 0 Å². The smallest absolute Gasteiger partial charge is 0.243 e. The van der Waals surface area contributed by atoms with E-state index in [2.05, 4.69) is 21.2 Å². The molecule has 1 aliphatic heterocycles. The van der Waals surface area contributed by atoms with Gasteiger partial charge < -0.3 is 15.1 Å². The SMILES string of the molecule is N#C[C@H](C(=O)NCCc1ccccc1)c1nc2ccccc2nc1N1CCN(c2ccc(F)cc2)CC1. The standard InChI is InChI=1S/C29H27FN6O/c30-22-10-12-23(13-11-22)35-16-18-36(19-17-35)28-27(33-25-8-4-5-9-26(25)34-28)24(20-31)29(37)32-15-14-21-6-2-1-3-7-21/h1-13,24H,14-19H2,(H,32,37)/t24-/m0/s1. The number of carbonyl (C=O) groups is 1. The van der Waals surface area contributed by atoms with E-state index in [4.69, 9.17) is 9.97 Å². The molecule has 2 heterocycles. The summed E-state index contributed by atoms with van der Waals surface area (Å²) >= 11 is 0. The number of nitrogens with zero attached hydrogens (tertiary/aromatic N) is 5. The second-order valence-corrected chi connectivity index (χ2v) is 8.96. The largest absolute Gasteiger partial charge is 0.368 e. The lowest BCUT2D eigenvalue weighted by molar-refractivity contribution is -0.121. The van der Waals surface area contributed by atoms with E-state index in [1.54, 1.807) is 12.1 Å². The molecule has 1 atom stereocenters. The molecular weight excluding hydrogens is 467 g/mol. The van der Waals surface area contributed by atoms with Gasteiger partial charge in [-0.3, -0.25) is 4.79 Å². The van der Waals surface area contributed by atoms with Gasteiger partial charge in [0, 0.05) is 38.4 Å². The van der Waals surface area contributed by atoms with Crippen LogP contribution in [0.2, 0.25) is 0 Å². The Morgan fingerprint density at radius 1 is 0.892 bits per heavy atom. The van der Waals surface area contributed by atoms with Gasteiger partial charge in [-0.25, -0.2) is 14.4 Å². The first-order chi connectivity index (χ1) is 18.1. The molecule has 5 rings (SSSR count). The summed E-state index contributed by atoms with van der Waals surface area (Å²) in [7, 11) is 0. The number of hydrogen-bond acceptors (Lipinski definition) is 6. The van der Waals surface area contributed by atoms with E-state index in [0.29, 0.717) is 61.7 Å². The third kappa shape index (κ3) is 5.51. The Labute approximate surface area is 215 Å². The lowest BCUT2D eigenvalue weighted by Gasteiger charge is -2.37. The Hall–Kier alpha value is -4.51. The lowest BCUT2D eigenvalue weighted by atomic mass is 10.0. The Kier molecular flexibility index (Phi) is 7.22. The topological polar surface area (TPSA) is 85.1 Å². The maximum Gasteiger partial charge on any atom is 0.243 e. The van der Waals surface area contributed by atoms with Crippen LogP contribution in [0.25, 0.3) is 11.0 Å². The van der Waals surface area contributed by atoms with Crippen LogP contribution in [0, 0.1) is 17.1 Å². The summed E-state index contributed by atoms with van der Waals surface area (Å²) in [6.45, 7) is 3.07. The van der Waals surface area contributed by atoms with Crippen LogP contribution in [0.1, 0.15) is 17.2 Å². The van der Waals surface area contributed by atoms with Gasteiger partial charge in [-0.1, -0.05) is 42.5 Å². The normalized spacial score (nSPS) is 14.3. The number of rotatable bonds is 7. The van der Waals surface area contributed by atoms with Crippen molar-refractivity contribution in [1.82, 2.24) is 15.3 Å². The monoisotopic (exact) mass is 494 g/mol. The van der Waals surface area contributed by atoms with Crippen LogP contribution in [0.15, 0.2) is 78.9 Å². The zero-order valence-electron chi connectivity index (χ0n) is 20.3. The van der Waals surface area contributed by atoms with Crippen LogP contribution in [0.3, 0.4) is 0 Å². The number of para-hydroxylation sites is 2. The van der Waals surface area contributed by atoms with Gasteiger partial charge in [-0.15, -0.1) is 0 Å². The summed E-state index contributed by atoms with van der Waals surface area (Å²) in [6, 6.07) is 26.0. The van der Waals surface area contributed by atoms with E-state index in [9.17, 15) is 14.4 Å². The number of carbonyl (C=O) groups excluding carboxylic acids is 1. The molecule has 0 bridgehead atoms. The fourth-order valence-electron chi connectivity index (χ4n) is 4.58. The Morgan fingerprint density at radius 2 is 1.51 bits per heavy atom. The molecule has 8 heteroatoms. The van der Waals surface area contributed by atoms with Crippen LogP contribution in [0.4, 0.5) is 15.9 Å². The molecule has 186 valence electrons. The maximum atomic E-state index is 13.3. The van der Waals surface area contributed by atoms with Crippen molar-refractivity contribution < 1.29 is 9.18 Å². The molecule has 4 aromatic rings. The molecule has 1 saturated heterocycles. The van der Waals surface area contributed by atoms with Crippen LogP contribution < -0.4 is 15.1 Å². The maximum absolute atomic E-state index is 13.3. The van der Waals surface area contributed by atoms with Gasteiger partial charge in [0.1, 0.15) is 11.5 Å². The quantitative estimate of drug-likeness (QED) is 0.417. The molecule has 37 heavy (non-hydrogen) atoms. The van der Waals surface area contributed by atoms with Crippen molar-refractivity contribution in [3.63, 3.8) is 0 Å². The number of halogens is 1. The summed E-state index contributed by atoms with van der Waals surface area (Å²) in [5, 5.41) is 12.9. The summed E-state index contributed by atoms with van der Waals surface area (Å²) in [5.41, 5.74) is 3.79. The van der Waals surface area contributed by atoms with Crippen molar-refractivity contribution in [2.75, 3.05) is 42.5 Å². The van der Waals surface area contributed by atoms with E-state index in [0.717, 1.165) is 11.3 Å². The highest BCUT2D eigenvalue weighted by molar-refractivity contribution is 5.89. The fourth-order valence-corrected chi connectivity index (χ4v) is 4.58. The molecule has 1 aromatic heterocycles. The molecule has 1 N–H and O–H groups in total. The number of benzene rings is 3. The number of anilines is 2. The van der Waals surface area contributed by atoms with Gasteiger partial charge in [-0.05, 0) is 48.4 Å². The van der Waals surface area contributed by atoms with Gasteiger partial charge in [0.15, 0.2) is 11.7 Å². The second kappa shape index (κ2) is 11.0. The molecule has 1 aliphatic rings. The first-order valence-corrected chi connectivity index (χ1v) is 12.4. The van der Waals surface area contributed by atoms with Gasteiger partial charge in [-0.2, -0.15) is 5.26 Å². The van der Waals surface area contributed by atoms with E-state index in [1.165, 1.54) is 12.1 Å². The second-order valence-electron chi connectivity index (χ2n) is 8.96. The Bertz CT molecular complexity index is 1410. The van der Waals surface area contributed by atoms with Gasteiger partial charge in [0.2, 0.25) is 5.91 Å². The summed E-state index contributed by atoms with van der Waals surface area (Å²) in [4.78, 5) is 27.0. The average Bonchev–Trinajstić information content (AvgIpc) is 2.94. The van der Waals surface area contributed by atoms with Crippen LogP contribution >= 0.6 is 0 Å². The third-order valence-corrected chi connectivity index (χ3v) is 6.57. The number of amides is 1. The van der Waals surface area contributed by atoms with Crippen molar-refractivity contribution in [2.45, 2.75) is 12.3 Å². The summed E-state index contributed by atoms with van der Waals surface area (Å²) in [6.07, 6.45) is 0.673. The predicted octanol–water partition coefficient (Wildman–Crippen LogP) is 4.06. The molecule has 1 amide bonds. The number of fused-ring (bicyclic) bond motifs is 1. The third-order valence-electron chi connectivity index (χ3n) is 6.57. The van der Waals surface area contributed by atoms with Crippen molar-refractivity contribution >= 4 is 28.4 Å². The van der Waals surface area contributed by atoms with Crippen molar-refractivity contribution in [1.29, 1.82) is 5.26 Å². The predicted molar refractivity (Wildman–Crippen MR) is 142 cm³/mol. The van der Waals surface area contributed by atoms with E-state index in [1.807, 2.05) is 54.6 Å². The lowest BCUT2D eigenvalue weighted by Crippen LogP contribution is -2.47. The van der Waals surface area contributed by atoms with Crippen LogP contribution in [-0.2, 0) is 11.2 Å². The highest BCUT2D eigenvalue weighted by Crippen LogP contribution is 2.29. The fraction of sp³-hybridized carbons (Fsp3) is 0.241. The first kappa shape index (κ1) is 24.2. The molecule has 7 nitrogen and oxygen atoms in total. The molecule has 0 radical (unpaired) electrons. The minimum Gasteiger partial charge on any atom is -0.368 e. The van der Waals surface area contributed by atoms with Crippen molar-refractivity contribution in [2.24, 2.45) is 0 Å². The molecule has 0 aliphatic carbocycles. The van der Waals surface area contributed by atoms with Crippen molar-refractivity contribution in [3.05, 3.63) is 95.9 Å². The average molecular weight is 495 g/mol. The minimum atomic E-state index is -1.09. The number of nitrogens with one attached hydrogen (secondary N) is 1. The number of nitriles is 1. The number of hydrogen-bond donors (Lipinski definition) is 1. The van der Waals surface area contributed by atoms with E-state index < -0.39 is 5.92 Å². The highest BCUT2D eigenvalue weighted by atomic mass is 19.1. The van der Waals surface area contributed by atoms with Crippen LogP contribution in [-0.4, -0.2) is 48.6 Å². The number of piperazine rings is 1. The minimum absolute atomic E-state index is 0.261. The molecule has 0 spiro atoms. The molecule has 0 saturated carbocycles. The summed E-state index contributed by atoms with van der Waals surface area (Å²) < 4.78 is 13.3. The first-order valence-electron chi connectivity index (χ1n) is 12.4. The Balaban J connectivity index is 1.37. The molecular formula is C29H27FN6O.